The highest BCUT2D eigenvalue weighted by Crippen LogP contribution is 2.22. The van der Waals surface area contributed by atoms with Gasteiger partial charge in [0.1, 0.15) is 11.3 Å². The van der Waals surface area contributed by atoms with Crippen molar-refractivity contribution in [3.8, 4) is 5.75 Å². The number of amides is 2. The lowest BCUT2D eigenvalue weighted by Gasteiger charge is -2.16. The fourth-order valence-corrected chi connectivity index (χ4v) is 1.92. The SMILES string of the molecule is O=C(O)c1ccc(NC(=O)N2CCC(O)C2)cc1O. The van der Waals surface area contributed by atoms with Gasteiger partial charge in [-0.3, -0.25) is 0 Å². The van der Waals surface area contributed by atoms with E-state index in [0.29, 0.717) is 18.7 Å². The molecule has 2 rings (SSSR count). The predicted molar refractivity (Wildman–Crippen MR) is 66.3 cm³/mol. The third-order valence-electron chi connectivity index (χ3n) is 2.93. The van der Waals surface area contributed by atoms with Gasteiger partial charge in [-0.15, -0.1) is 0 Å². The first-order valence-electron chi connectivity index (χ1n) is 5.77. The molecule has 1 saturated heterocycles. The number of carbonyl (C=O) groups is 2. The number of urea groups is 1. The number of β-amino-alcohol motifs (C(OH)–C–C–N with tert-alkyl or cyclic N) is 1. The average Bonchev–Trinajstić information content (AvgIpc) is 2.75. The van der Waals surface area contributed by atoms with E-state index in [1.807, 2.05) is 0 Å². The minimum absolute atomic E-state index is 0.227. The number of carboxylic acid groups (broad SMARTS) is 1. The molecule has 1 aliphatic heterocycles. The van der Waals surface area contributed by atoms with Gasteiger partial charge in [-0.2, -0.15) is 0 Å². The zero-order valence-corrected chi connectivity index (χ0v) is 10.0. The van der Waals surface area contributed by atoms with E-state index in [2.05, 4.69) is 5.32 Å². The third-order valence-corrected chi connectivity index (χ3v) is 2.93. The molecular formula is C12H14N2O5. The molecule has 7 heteroatoms. The second-order valence-electron chi connectivity index (χ2n) is 4.36. The number of anilines is 1. The molecule has 1 aromatic rings. The summed E-state index contributed by atoms with van der Waals surface area (Å²) in [7, 11) is 0. The fraction of sp³-hybridized carbons (Fsp3) is 0.333. The lowest BCUT2D eigenvalue weighted by molar-refractivity contribution is 0.0693. The predicted octanol–water partition coefficient (Wildman–Crippen LogP) is 0.689. The van der Waals surface area contributed by atoms with Crippen molar-refractivity contribution in [1.29, 1.82) is 0 Å². The van der Waals surface area contributed by atoms with Crippen molar-refractivity contribution in [3.63, 3.8) is 0 Å². The number of aromatic hydroxyl groups is 1. The normalized spacial score (nSPS) is 18.4. The highest BCUT2D eigenvalue weighted by Gasteiger charge is 2.24. The summed E-state index contributed by atoms with van der Waals surface area (Å²) in [6, 6.07) is 3.40. The second kappa shape index (κ2) is 5.15. The molecule has 2 amide bonds. The van der Waals surface area contributed by atoms with Crippen LogP contribution in [0.5, 0.6) is 5.75 Å². The summed E-state index contributed by atoms with van der Waals surface area (Å²) in [6.07, 6.45) is 0.0323. The molecule has 102 valence electrons. The Morgan fingerprint density at radius 3 is 2.63 bits per heavy atom. The third kappa shape index (κ3) is 2.94. The molecule has 0 aromatic heterocycles. The number of nitrogens with one attached hydrogen (secondary N) is 1. The number of carbonyl (C=O) groups excluding carboxylic acids is 1. The van der Waals surface area contributed by atoms with E-state index in [9.17, 15) is 19.8 Å². The number of hydrogen-bond donors (Lipinski definition) is 4. The average molecular weight is 266 g/mol. The number of hydrogen-bond acceptors (Lipinski definition) is 4. The lowest BCUT2D eigenvalue weighted by Crippen LogP contribution is -2.33. The molecule has 1 aromatic carbocycles. The summed E-state index contributed by atoms with van der Waals surface area (Å²) in [4.78, 5) is 24.0. The number of rotatable bonds is 2. The van der Waals surface area contributed by atoms with E-state index in [1.165, 1.54) is 23.1 Å². The topological polar surface area (TPSA) is 110 Å². The summed E-state index contributed by atoms with van der Waals surface area (Å²) < 4.78 is 0. The summed E-state index contributed by atoms with van der Waals surface area (Å²) in [5.41, 5.74) is 0.0727. The summed E-state index contributed by atoms with van der Waals surface area (Å²) in [6.45, 7) is 0.733. The van der Waals surface area contributed by atoms with Crippen LogP contribution in [-0.2, 0) is 0 Å². The molecule has 0 spiro atoms. The number of aliphatic hydroxyl groups excluding tert-OH is 1. The fourth-order valence-electron chi connectivity index (χ4n) is 1.92. The van der Waals surface area contributed by atoms with E-state index in [1.54, 1.807) is 0 Å². The number of likely N-dealkylation sites (tertiary alicyclic amines) is 1. The van der Waals surface area contributed by atoms with Crippen molar-refractivity contribution in [2.45, 2.75) is 12.5 Å². The quantitative estimate of drug-likeness (QED) is 0.629. The molecular weight excluding hydrogens is 252 g/mol. The van der Waals surface area contributed by atoms with E-state index in [-0.39, 0.29) is 18.1 Å². The Morgan fingerprint density at radius 2 is 2.11 bits per heavy atom. The van der Waals surface area contributed by atoms with Gasteiger partial charge in [0.15, 0.2) is 0 Å². The Morgan fingerprint density at radius 1 is 1.37 bits per heavy atom. The van der Waals surface area contributed by atoms with Crippen LogP contribution in [0.3, 0.4) is 0 Å². The van der Waals surface area contributed by atoms with Crippen LogP contribution in [0.4, 0.5) is 10.5 Å². The Hall–Kier alpha value is -2.28. The van der Waals surface area contributed by atoms with E-state index in [0.717, 1.165) is 0 Å². The number of benzene rings is 1. The number of nitrogens with zero attached hydrogens (tertiary/aromatic N) is 1. The van der Waals surface area contributed by atoms with Crippen molar-refractivity contribution < 1.29 is 24.9 Å². The lowest BCUT2D eigenvalue weighted by atomic mass is 10.2. The zero-order valence-electron chi connectivity index (χ0n) is 10.0. The number of aromatic carboxylic acids is 1. The number of carboxylic acids is 1. The zero-order chi connectivity index (χ0) is 14.0. The van der Waals surface area contributed by atoms with Crippen LogP contribution >= 0.6 is 0 Å². The van der Waals surface area contributed by atoms with Crippen LogP contribution in [0.1, 0.15) is 16.8 Å². The van der Waals surface area contributed by atoms with Gasteiger partial charge < -0.3 is 25.5 Å². The van der Waals surface area contributed by atoms with Gasteiger partial charge >= 0.3 is 12.0 Å². The monoisotopic (exact) mass is 266 g/mol. The van der Waals surface area contributed by atoms with Crippen LogP contribution in [0.25, 0.3) is 0 Å². The Bertz CT molecular complexity index is 517. The maximum atomic E-state index is 11.8. The van der Waals surface area contributed by atoms with Crippen molar-refractivity contribution in [2.75, 3.05) is 18.4 Å². The van der Waals surface area contributed by atoms with Gasteiger partial charge in [-0.1, -0.05) is 0 Å². The molecule has 0 bridgehead atoms. The van der Waals surface area contributed by atoms with E-state index >= 15 is 0 Å². The van der Waals surface area contributed by atoms with Crippen LogP contribution < -0.4 is 5.32 Å². The van der Waals surface area contributed by atoms with Crippen LogP contribution in [0.2, 0.25) is 0 Å². The number of aliphatic hydroxyl groups is 1. The molecule has 0 saturated carbocycles. The Kier molecular flexibility index (Phi) is 3.57. The van der Waals surface area contributed by atoms with Gasteiger partial charge in [-0.25, -0.2) is 9.59 Å². The molecule has 1 fully saturated rings. The molecule has 7 nitrogen and oxygen atoms in total. The molecule has 0 aliphatic carbocycles. The molecule has 1 unspecified atom stereocenters. The van der Waals surface area contributed by atoms with E-state index in [4.69, 9.17) is 5.11 Å². The Balaban J connectivity index is 2.05. The first-order chi connectivity index (χ1) is 8.97. The van der Waals surface area contributed by atoms with Gasteiger partial charge in [0.05, 0.1) is 6.10 Å². The van der Waals surface area contributed by atoms with Crippen LogP contribution in [-0.4, -0.2) is 51.4 Å². The Labute approximate surface area is 109 Å². The highest BCUT2D eigenvalue weighted by atomic mass is 16.4. The van der Waals surface area contributed by atoms with Crippen molar-refractivity contribution in [3.05, 3.63) is 23.8 Å². The van der Waals surface area contributed by atoms with Gasteiger partial charge in [0, 0.05) is 24.8 Å². The van der Waals surface area contributed by atoms with Gasteiger partial charge in [-0.05, 0) is 18.6 Å². The standard InChI is InChI=1S/C12H14N2O5/c15-8-3-4-14(6-8)12(19)13-7-1-2-9(11(17)18)10(16)5-7/h1-2,5,8,15-16H,3-4,6H2,(H,13,19)(H,17,18). The highest BCUT2D eigenvalue weighted by molar-refractivity contribution is 5.94. The molecule has 19 heavy (non-hydrogen) atoms. The molecule has 1 aliphatic rings. The van der Waals surface area contributed by atoms with Gasteiger partial charge in [0.2, 0.25) is 0 Å². The first-order valence-corrected chi connectivity index (χ1v) is 5.77. The summed E-state index contributed by atoms with van der Waals surface area (Å²) in [5, 5.41) is 30.1. The molecule has 1 atom stereocenters. The minimum atomic E-state index is -1.24. The maximum Gasteiger partial charge on any atom is 0.339 e. The molecule has 4 N–H and O–H groups in total. The second-order valence-corrected chi connectivity index (χ2v) is 4.36. The minimum Gasteiger partial charge on any atom is -0.507 e. The summed E-state index contributed by atoms with van der Waals surface area (Å²) >= 11 is 0. The van der Waals surface area contributed by atoms with E-state index < -0.39 is 17.8 Å². The smallest absolute Gasteiger partial charge is 0.339 e. The van der Waals surface area contributed by atoms with Gasteiger partial charge in [0.25, 0.3) is 0 Å². The maximum absolute atomic E-state index is 11.8. The molecule has 0 radical (unpaired) electrons. The van der Waals surface area contributed by atoms with Crippen molar-refractivity contribution in [2.24, 2.45) is 0 Å². The van der Waals surface area contributed by atoms with Crippen molar-refractivity contribution in [1.82, 2.24) is 4.90 Å². The van der Waals surface area contributed by atoms with Crippen LogP contribution in [0, 0.1) is 0 Å². The first kappa shape index (κ1) is 13.2. The van der Waals surface area contributed by atoms with Crippen molar-refractivity contribution >= 4 is 17.7 Å². The van der Waals surface area contributed by atoms with Crippen LogP contribution in [0.15, 0.2) is 18.2 Å². The summed E-state index contributed by atoms with van der Waals surface area (Å²) in [5.74, 6) is -1.65. The molecule has 1 heterocycles. The largest absolute Gasteiger partial charge is 0.507 e. The number of phenols is 1.